The van der Waals surface area contributed by atoms with E-state index in [2.05, 4.69) is 5.32 Å². The predicted molar refractivity (Wildman–Crippen MR) is 91.2 cm³/mol. The molecule has 0 spiro atoms. The molecule has 2 aromatic carbocycles. The highest BCUT2D eigenvalue weighted by atomic mass is 19.1. The molecule has 0 bridgehead atoms. The fourth-order valence-corrected chi connectivity index (χ4v) is 2.59. The van der Waals surface area contributed by atoms with Crippen molar-refractivity contribution in [3.8, 4) is 11.5 Å². The van der Waals surface area contributed by atoms with Crippen molar-refractivity contribution in [1.82, 2.24) is 5.32 Å². The van der Waals surface area contributed by atoms with E-state index in [0.29, 0.717) is 0 Å². The highest BCUT2D eigenvalue weighted by Gasteiger charge is 2.16. The standard InChI is InChI=1S/C19H22FNO3/c1-5-16(13-6-8-17(23-3)12(2)10-13)21-19(22)14-7-9-18(24-4)15(20)11-14/h6-11,16H,5H2,1-4H3,(H,21,22). The van der Waals surface area contributed by atoms with Crippen molar-refractivity contribution in [2.24, 2.45) is 0 Å². The number of benzene rings is 2. The molecule has 2 aromatic rings. The molecular weight excluding hydrogens is 309 g/mol. The predicted octanol–water partition coefficient (Wildman–Crippen LogP) is 4.03. The summed E-state index contributed by atoms with van der Waals surface area (Å²) in [6, 6.07) is 9.81. The zero-order chi connectivity index (χ0) is 17.7. The summed E-state index contributed by atoms with van der Waals surface area (Å²) in [5.41, 5.74) is 2.24. The van der Waals surface area contributed by atoms with Gasteiger partial charge >= 0.3 is 0 Å². The second-order valence-electron chi connectivity index (χ2n) is 5.51. The lowest BCUT2D eigenvalue weighted by atomic mass is 10.0. The van der Waals surface area contributed by atoms with Gasteiger partial charge in [-0.3, -0.25) is 4.79 Å². The van der Waals surface area contributed by atoms with Crippen molar-refractivity contribution in [2.45, 2.75) is 26.3 Å². The molecule has 0 heterocycles. The van der Waals surface area contributed by atoms with Gasteiger partial charge in [-0.15, -0.1) is 0 Å². The fourth-order valence-electron chi connectivity index (χ4n) is 2.59. The maximum absolute atomic E-state index is 13.8. The van der Waals surface area contributed by atoms with Crippen LogP contribution in [0.15, 0.2) is 36.4 Å². The Balaban J connectivity index is 2.19. The van der Waals surface area contributed by atoms with Crippen LogP contribution < -0.4 is 14.8 Å². The number of ether oxygens (including phenoxy) is 2. The summed E-state index contributed by atoms with van der Waals surface area (Å²) in [7, 11) is 3.01. The first kappa shape index (κ1) is 17.8. The Kier molecular flexibility index (Phi) is 5.79. The third-order valence-electron chi connectivity index (χ3n) is 3.95. The van der Waals surface area contributed by atoms with Crippen LogP contribution >= 0.6 is 0 Å². The van der Waals surface area contributed by atoms with Crippen molar-refractivity contribution in [2.75, 3.05) is 14.2 Å². The first-order valence-corrected chi connectivity index (χ1v) is 7.79. The van der Waals surface area contributed by atoms with E-state index in [4.69, 9.17) is 9.47 Å². The van der Waals surface area contributed by atoms with E-state index in [9.17, 15) is 9.18 Å². The molecule has 0 radical (unpaired) electrons. The number of methoxy groups -OCH3 is 2. The summed E-state index contributed by atoms with van der Waals surface area (Å²) in [4.78, 5) is 12.4. The Bertz CT molecular complexity index is 731. The minimum atomic E-state index is -0.557. The van der Waals surface area contributed by atoms with Gasteiger partial charge < -0.3 is 14.8 Å². The van der Waals surface area contributed by atoms with Crippen molar-refractivity contribution in [1.29, 1.82) is 0 Å². The molecule has 0 saturated heterocycles. The molecule has 1 amide bonds. The summed E-state index contributed by atoms with van der Waals surface area (Å²) in [6.45, 7) is 3.94. The summed E-state index contributed by atoms with van der Waals surface area (Å²) < 4.78 is 23.9. The van der Waals surface area contributed by atoms with E-state index >= 15 is 0 Å². The van der Waals surface area contributed by atoms with E-state index < -0.39 is 5.82 Å². The van der Waals surface area contributed by atoms with E-state index in [0.717, 1.165) is 23.3 Å². The van der Waals surface area contributed by atoms with Crippen LogP contribution in [-0.4, -0.2) is 20.1 Å². The van der Waals surface area contributed by atoms with Gasteiger partial charge in [0.1, 0.15) is 5.75 Å². The molecule has 4 nitrogen and oxygen atoms in total. The van der Waals surface area contributed by atoms with E-state index in [1.807, 2.05) is 32.0 Å². The number of nitrogens with one attached hydrogen (secondary N) is 1. The first-order valence-electron chi connectivity index (χ1n) is 7.79. The van der Waals surface area contributed by atoms with Gasteiger partial charge in [0.05, 0.1) is 20.3 Å². The first-order chi connectivity index (χ1) is 11.5. The highest BCUT2D eigenvalue weighted by molar-refractivity contribution is 5.94. The van der Waals surface area contributed by atoms with Gasteiger partial charge in [-0.1, -0.05) is 19.1 Å². The number of carbonyl (C=O) groups excluding carboxylic acids is 1. The number of carbonyl (C=O) groups is 1. The molecule has 1 N–H and O–H groups in total. The van der Waals surface area contributed by atoms with Crippen LogP contribution in [0.1, 0.15) is 40.9 Å². The number of rotatable bonds is 6. The summed E-state index contributed by atoms with van der Waals surface area (Å²) in [5, 5.41) is 2.94. The Morgan fingerprint density at radius 2 is 1.79 bits per heavy atom. The van der Waals surface area contributed by atoms with Crippen molar-refractivity contribution >= 4 is 5.91 Å². The van der Waals surface area contributed by atoms with E-state index in [1.165, 1.54) is 19.2 Å². The van der Waals surface area contributed by atoms with Crippen LogP contribution in [0.3, 0.4) is 0 Å². The van der Waals surface area contributed by atoms with Crippen LogP contribution in [-0.2, 0) is 0 Å². The number of aryl methyl sites for hydroxylation is 1. The molecule has 24 heavy (non-hydrogen) atoms. The average Bonchev–Trinajstić information content (AvgIpc) is 2.59. The molecule has 128 valence electrons. The maximum Gasteiger partial charge on any atom is 0.251 e. The molecule has 5 heteroatoms. The molecule has 0 saturated carbocycles. The zero-order valence-corrected chi connectivity index (χ0v) is 14.4. The largest absolute Gasteiger partial charge is 0.496 e. The molecule has 0 aliphatic carbocycles. The Morgan fingerprint density at radius 3 is 2.33 bits per heavy atom. The Morgan fingerprint density at radius 1 is 1.12 bits per heavy atom. The van der Waals surface area contributed by atoms with Gasteiger partial charge in [0.25, 0.3) is 5.91 Å². The molecule has 2 rings (SSSR count). The monoisotopic (exact) mass is 331 g/mol. The minimum Gasteiger partial charge on any atom is -0.496 e. The van der Waals surface area contributed by atoms with Gasteiger partial charge in [0.15, 0.2) is 11.6 Å². The SMILES string of the molecule is CCC(NC(=O)c1ccc(OC)c(F)c1)c1ccc(OC)c(C)c1. The lowest BCUT2D eigenvalue weighted by Gasteiger charge is -2.19. The normalized spacial score (nSPS) is 11.7. The van der Waals surface area contributed by atoms with E-state index in [1.54, 1.807) is 13.2 Å². The summed E-state index contributed by atoms with van der Waals surface area (Å²) in [6.07, 6.45) is 0.718. The molecule has 0 fully saturated rings. The molecule has 1 atom stereocenters. The van der Waals surface area contributed by atoms with Gasteiger partial charge in [0.2, 0.25) is 0 Å². The zero-order valence-electron chi connectivity index (χ0n) is 14.4. The third-order valence-corrected chi connectivity index (χ3v) is 3.95. The van der Waals surface area contributed by atoms with Gasteiger partial charge in [-0.2, -0.15) is 0 Å². The van der Waals surface area contributed by atoms with Crippen LogP contribution in [0, 0.1) is 12.7 Å². The van der Waals surface area contributed by atoms with Gasteiger partial charge in [0, 0.05) is 5.56 Å². The van der Waals surface area contributed by atoms with Crippen LogP contribution in [0.5, 0.6) is 11.5 Å². The topological polar surface area (TPSA) is 47.6 Å². The van der Waals surface area contributed by atoms with Gasteiger partial charge in [-0.25, -0.2) is 4.39 Å². The second-order valence-corrected chi connectivity index (χ2v) is 5.51. The molecule has 0 aliphatic rings. The lowest BCUT2D eigenvalue weighted by Crippen LogP contribution is -2.28. The number of hydrogen-bond acceptors (Lipinski definition) is 3. The van der Waals surface area contributed by atoms with Crippen LogP contribution in [0.4, 0.5) is 4.39 Å². The van der Waals surface area contributed by atoms with Crippen LogP contribution in [0.25, 0.3) is 0 Å². The second kappa shape index (κ2) is 7.81. The molecule has 1 unspecified atom stereocenters. The van der Waals surface area contributed by atoms with Gasteiger partial charge in [-0.05, 0) is 48.7 Å². The minimum absolute atomic E-state index is 0.115. The van der Waals surface area contributed by atoms with Crippen molar-refractivity contribution < 1.29 is 18.7 Å². The number of hydrogen-bond donors (Lipinski definition) is 1. The third kappa shape index (κ3) is 3.85. The average molecular weight is 331 g/mol. The van der Waals surface area contributed by atoms with Crippen LogP contribution in [0.2, 0.25) is 0 Å². The summed E-state index contributed by atoms with van der Waals surface area (Å²) in [5.74, 6) is 0.0388. The van der Waals surface area contributed by atoms with Crippen molar-refractivity contribution in [3.63, 3.8) is 0 Å². The molecule has 0 aromatic heterocycles. The quantitative estimate of drug-likeness (QED) is 0.869. The summed E-state index contributed by atoms with van der Waals surface area (Å²) >= 11 is 0. The lowest BCUT2D eigenvalue weighted by molar-refractivity contribution is 0.0935. The molecule has 0 aliphatic heterocycles. The Hall–Kier alpha value is -2.56. The smallest absolute Gasteiger partial charge is 0.251 e. The van der Waals surface area contributed by atoms with E-state index in [-0.39, 0.29) is 23.3 Å². The number of halogens is 1. The van der Waals surface area contributed by atoms with Crippen molar-refractivity contribution in [3.05, 3.63) is 58.9 Å². The molecular formula is C19H22FNO3. The Labute approximate surface area is 141 Å². The highest BCUT2D eigenvalue weighted by Crippen LogP contribution is 2.25. The fraction of sp³-hybridized carbons (Fsp3) is 0.316. The number of amides is 1. The maximum atomic E-state index is 13.8.